The van der Waals surface area contributed by atoms with Crippen LogP contribution in [0.2, 0.25) is 0 Å². The lowest BCUT2D eigenvalue weighted by molar-refractivity contribution is 0.0952. The number of phenolic OH excluding ortho intramolecular Hbond substituents is 2. The molecule has 3 N–H and O–H groups in total. The lowest BCUT2D eigenvalue weighted by Crippen LogP contribution is -2.17. The fourth-order valence-electron chi connectivity index (χ4n) is 2.35. The number of hydrazone groups is 1. The molecule has 0 heterocycles. The average Bonchev–Trinajstić information content (AvgIpc) is 2.64. The normalized spacial score (nSPS) is 10.7. The zero-order chi connectivity index (χ0) is 17.6. The van der Waals surface area contributed by atoms with Gasteiger partial charge in [0.1, 0.15) is 11.5 Å². The molecule has 0 bridgehead atoms. The summed E-state index contributed by atoms with van der Waals surface area (Å²) >= 11 is 0. The third-order valence-electron chi connectivity index (χ3n) is 3.65. The first-order valence-electron chi connectivity index (χ1n) is 7.65. The molecule has 3 aromatic carbocycles. The molecule has 0 fully saturated rings. The van der Waals surface area contributed by atoms with Gasteiger partial charge in [-0.15, -0.1) is 0 Å². The molecule has 0 aromatic heterocycles. The Hall–Kier alpha value is -3.60. The lowest BCUT2D eigenvalue weighted by atomic mass is 10.0. The van der Waals surface area contributed by atoms with Crippen LogP contribution in [0.3, 0.4) is 0 Å². The van der Waals surface area contributed by atoms with Crippen molar-refractivity contribution in [2.75, 3.05) is 0 Å². The van der Waals surface area contributed by atoms with E-state index in [4.69, 9.17) is 0 Å². The molecule has 5 heteroatoms. The Bertz CT molecular complexity index is 921. The van der Waals surface area contributed by atoms with E-state index in [1.54, 1.807) is 24.3 Å². The molecule has 0 atom stereocenters. The Kier molecular flexibility index (Phi) is 4.76. The standard InChI is InChI=1S/C20H16N2O3/c23-18-11-10-15(14-6-2-1-3-7-14)12-16(18)13-21-22-20(25)17-8-4-5-9-19(17)24/h1-13,23-24H,(H,22,25)/b21-13+. The molecule has 0 saturated heterocycles. The number of para-hydroxylation sites is 1. The number of carbonyl (C=O) groups excluding carboxylic acids is 1. The molecule has 0 aliphatic heterocycles. The molecule has 0 unspecified atom stereocenters. The van der Waals surface area contributed by atoms with E-state index in [0.29, 0.717) is 5.56 Å². The summed E-state index contributed by atoms with van der Waals surface area (Å²) in [6.07, 6.45) is 1.36. The Morgan fingerprint density at radius 3 is 2.32 bits per heavy atom. The van der Waals surface area contributed by atoms with Crippen LogP contribution in [0.25, 0.3) is 11.1 Å². The summed E-state index contributed by atoms with van der Waals surface area (Å²) in [5, 5.41) is 23.5. The van der Waals surface area contributed by atoms with E-state index in [2.05, 4.69) is 10.5 Å². The molecule has 0 aliphatic carbocycles. The van der Waals surface area contributed by atoms with E-state index >= 15 is 0 Å². The maximum Gasteiger partial charge on any atom is 0.275 e. The molecule has 3 aromatic rings. The van der Waals surface area contributed by atoms with E-state index in [1.165, 1.54) is 18.3 Å². The van der Waals surface area contributed by atoms with Gasteiger partial charge < -0.3 is 10.2 Å². The summed E-state index contributed by atoms with van der Waals surface area (Å²) in [6, 6.07) is 21.1. The van der Waals surface area contributed by atoms with Crippen LogP contribution in [0.15, 0.2) is 77.9 Å². The van der Waals surface area contributed by atoms with Crippen LogP contribution in [-0.2, 0) is 0 Å². The maximum absolute atomic E-state index is 12.0. The smallest absolute Gasteiger partial charge is 0.275 e. The highest BCUT2D eigenvalue weighted by Gasteiger charge is 2.09. The van der Waals surface area contributed by atoms with Crippen molar-refractivity contribution in [3.05, 3.63) is 83.9 Å². The molecule has 5 nitrogen and oxygen atoms in total. The van der Waals surface area contributed by atoms with E-state index in [-0.39, 0.29) is 17.1 Å². The number of benzene rings is 3. The van der Waals surface area contributed by atoms with Crippen molar-refractivity contribution >= 4 is 12.1 Å². The molecule has 0 saturated carbocycles. The van der Waals surface area contributed by atoms with Gasteiger partial charge in [0.15, 0.2) is 0 Å². The summed E-state index contributed by atoms with van der Waals surface area (Å²) in [4.78, 5) is 12.0. The highest BCUT2D eigenvalue weighted by Crippen LogP contribution is 2.24. The third-order valence-corrected chi connectivity index (χ3v) is 3.65. The van der Waals surface area contributed by atoms with Gasteiger partial charge in [-0.2, -0.15) is 5.10 Å². The lowest BCUT2D eigenvalue weighted by Gasteiger charge is -2.05. The van der Waals surface area contributed by atoms with E-state index in [0.717, 1.165) is 11.1 Å². The van der Waals surface area contributed by atoms with E-state index in [9.17, 15) is 15.0 Å². The first-order chi connectivity index (χ1) is 12.1. The summed E-state index contributed by atoms with van der Waals surface area (Å²) < 4.78 is 0. The van der Waals surface area contributed by atoms with Crippen molar-refractivity contribution in [2.45, 2.75) is 0 Å². The van der Waals surface area contributed by atoms with Gasteiger partial charge in [0.2, 0.25) is 0 Å². The SMILES string of the molecule is O=C(N/N=C/c1cc(-c2ccccc2)ccc1O)c1ccccc1O. The summed E-state index contributed by atoms with van der Waals surface area (Å²) in [5.41, 5.74) is 4.86. The van der Waals surface area contributed by atoms with Crippen molar-refractivity contribution in [3.63, 3.8) is 0 Å². The van der Waals surface area contributed by atoms with Crippen molar-refractivity contribution in [3.8, 4) is 22.6 Å². The number of hydrogen-bond acceptors (Lipinski definition) is 4. The minimum Gasteiger partial charge on any atom is -0.507 e. The number of nitrogens with one attached hydrogen (secondary N) is 1. The van der Waals surface area contributed by atoms with Gasteiger partial charge in [-0.1, -0.05) is 48.5 Å². The Morgan fingerprint density at radius 1 is 0.840 bits per heavy atom. The number of hydrogen-bond donors (Lipinski definition) is 3. The van der Waals surface area contributed by atoms with Crippen LogP contribution < -0.4 is 5.43 Å². The van der Waals surface area contributed by atoms with Crippen molar-refractivity contribution in [1.82, 2.24) is 5.43 Å². The highest BCUT2D eigenvalue weighted by atomic mass is 16.3. The van der Waals surface area contributed by atoms with Gasteiger partial charge in [-0.05, 0) is 35.4 Å². The average molecular weight is 332 g/mol. The van der Waals surface area contributed by atoms with Gasteiger partial charge in [0, 0.05) is 5.56 Å². The van der Waals surface area contributed by atoms with Crippen molar-refractivity contribution < 1.29 is 15.0 Å². The van der Waals surface area contributed by atoms with E-state index in [1.807, 2.05) is 36.4 Å². The number of rotatable bonds is 4. The molecule has 25 heavy (non-hydrogen) atoms. The number of nitrogens with zero attached hydrogens (tertiary/aromatic N) is 1. The number of carbonyl (C=O) groups is 1. The van der Waals surface area contributed by atoms with Gasteiger partial charge in [0.05, 0.1) is 11.8 Å². The van der Waals surface area contributed by atoms with Gasteiger partial charge >= 0.3 is 0 Å². The largest absolute Gasteiger partial charge is 0.507 e. The third kappa shape index (κ3) is 3.84. The fourth-order valence-corrected chi connectivity index (χ4v) is 2.35. The molecule has 1 amide bonds. The second-order valence-electron chi connectivity index (χ2n) is 5.36. The van der Waals surface area contributed by atoms with Crippen LogP contribution in [0.4, 0.5) is 0 Å². The Balaban J connectivity index is 1.77. The zero-order valence-electron chi connectivity index (χ0n) is 13.3. The van der Waals surface area contributed by atoms with Crippen molar-refractivity contribution in [1.29, 1.82) is 0 Å². The number of phenols is 2. The topological polar surface area (TPSA) is 81.9 Å². The first kappa shape index (κ1) is 16.3. The van der Waals surface area contributed by atoms with Gasteiger partial charge in [-0.3, -0.25) is 4.79 Å². The second-order valence-corrected chi connectivity index (χ2v) is 5.36. The van der Waals surface area contributed by atoms with Crippen LogP contribution in [0.1, 0.15) is 15.9 Å². The predicted molar refractivity (Wildman–Crippen MR) is 96.7 cm³/mol. The summed E-state index contributed by atoms with van der Waals surface area (Å²) in [7, 11) is 0. The molecule has 0 aliphatic rings. The number of amides is 1. The van der Waals surface area contributed by atoms with Gasteiger partial charge in [-0.25, -0.2) is 5.43 Å². The first-order valence-corrected chi connectivity index (χ1v) is 7.65. The highest BCUT2D eigenvalue weighted by molar-refractivity contribution is 5.97. The quantitative estimate of drug-likeness (QED) is 0.505. The Labute approximate surface area is 144 Å². The maximum atomic E-state index is 12.0. The minimum absolute atomic E-state index is 0.0558. The monoisotopic (exact) mass is 332 g/mol. The molecular formula is C20H16N2O3. The van der Waals surface area contributed by atoms with Crippen LogP contribution >= 0.6 is 0 Å². The molecule has 0 radical (unpaired) electrons. The number of aromatic hydroxyl groups is 2. The van der Waals surface area contributed by atoms with Crippen LogP contribution in [0, 0.1) is 0 Å². The molecular weight excluding hydrogens is 316 g/mol. The molecule has 0 spiro atoms. The summed E-state index contributed by atoms with van der Waals surface area (Å²) in [5.74, 6) is -0.600. The Morgan fingerprint density at radius 2 is 1.56 bits per heavy atom. The summed E-state index contributed by atoms with van der Waals surface area (Å²) in [6.45, 7) is 0. The van der Waals surface area contributed by atoms with Crippen LogP contribution in [0.5, 0.6) is 11.5 Å². The molecule has 124 valence electrons. The minimum atomic E-state index is -0.534. The predicted octanol–water partition coefficient (Wildman–Crippen LogP) is 3.53. The zero-order valence-corrected chi connectivity index (χ0v) is 13.3. The van der Waals surface area contributed by atoms with Crippen molar-refractivity contribution in [2.24, 2.45) is 5.10 Å². The van der Waals surface area contributed by atoms with E-state index < -0.39 is 5.91 Å². The second kappa shape index (κ2) is 7.31. The fraction of sp³-hybridized carbons (Fsp3) is 0. The molecule has 3 rings (SSSR count). The van der Waals surface area contributed by atoms with Gasteiger partial charge in [0.25, 0.3) is 5.91 Å². The van der Waals surface area contributed by atoms with Crippen LogP contribution in [-0.4, -0.2) is 22.3 Å².